The first kappa shape index (κ1) is 19.5. The van der Waals surface area contributed by atoms with Crippen molar-refractivity contribution in [2.45, 2.75) is 39.8 Å². The van der Waals surface area contributed by atoms with Crippen molar-refractivity contribution in [1.29, 1.82) is 5.26 Å². The maximum atomic E-state index is 9.43. The number of nitriles is 1. The van der Waals surface area contributed by atoms with E-state index in [1.54, 1.807) is 24.5 Å². The van der Waals surface area contributed by atoms with Gasteiger partial charge in [0, 0.05) is 29.6 Å². The number of hydrogen-bond donors (Lipinski definition) is 0. The van der Waals surface area contributed by atoms with E-state index in [9.17, 15) is 5.26 Å². The zero-order chi connectivity index (χ0) is 21.3. The Bertz CT molecular complexity index is 1240. The third-order valence-electron chi connectivity index (χ3n) is 4.67. The Morgan fingerprint density at radius 1 is 0.933 bits per heavy atom. The summed E-state index contributed by atoms with van der Waals surface area (Å²) in [5.74, 6) is 1.12. The summed E-state index contributed by atoms with van der Waals surface area (Å²) in [5, 5.41) is 17.9. The minimum absolute atomic E-state index is 0.00189. The van der Waals surface area contributed by atoms with Gasteiger partial charge in [0.1, 0.15) is 17.3 Å². The lowest BCUT2D eigenvalue weighted by Crippen LogP contribution is -2.06. The number of benzene rings is 2. The average molecular weight is 398 g/mol. The van der Waals surface area contributed by atoms with Crippen molar-refractivity contribution >= 4 is 11.0 Å². The van der Waals surface area contributed by atoms with Crippen molar-refractivity contribution in [3.63, 3.8) is 0 Å². The zero-order valence-electron chi connectivity index (χ0n) is 17.4. The number of rotatable bonds is 5. The van der Waals surface area contributed by atoms with Gasteiger partial charge in [0.25, 0.3) is 0 Å². The molecule has 2 heterocycles. The lowest BCUT2D eigenvalue weighted by molar-refractivity contribution is 0.242. The first-order chi connectivity index (χ1) is 14.5. The summed E-state index contributed by atoms with van der Waals surface area (Å²) >= 11 is 0. The summed E-state index contributed by atoms with van der Waals surface area (Å²) in [6.07, 6.45) is 3.56. The van der Waals surface area contributed by atoms with Crippen LogP contribution in [0.4, 0.5) is 0 Å². The molecule has 0 unspecified atom stereocenters. The molecule has 0 N–H and O–H groups in total. The van der Waals surface area contributed by atoms with Crippen LogP contribution in [0.1, 0.15) is 39.3 Å². The van der Waals surface area contributed by atoms with E-state index in [1.165, 1.54) is 0 Å². The summed E-state index contributed by atoms with van der Waals surface area (Å²) < 4.78 is 7.58. The molecule has 7 nitrogen and oxygen atoms in total. The molecule has 0 fully saturated rings. The Hall–Kier alpha value is -3.79. The second-order valence-corrected chi connectivity index (χ2v) is 7.62. The van der Waals surface area contributed by atoms with Crippen molar-refractivity contribution in [3.8, 4) is 34.3 Å². The second-order valence-electron chi connectivity index (χ2n) is 7.62. The van der Waals surface area contributed by atoms with Crippen molar-refractivity contribution in [3.05, 3.63) is 54.4 Å². The molecule has 2 aromatic carbocycles. The summed E-state index contributed by atoms with van der Waals surface area (Å²) in [4.78, 5) is 9.00. The zero-order valence-corrected chi connectivity index (χ0v) is 17.4. The summed E-state index contributed by atoms with van der Waals surface area (Å²) in [5.41, 5.74) is 4.93. The van der Waals surface area contributed by atoms with Crippen molar-refractivity contribution < 1.29 is 4.74 Å². The highest BCUT2D eigenvalue weighted by Crippen LogP contribution is 2.27. The standard InChI is InChI=1S/C23H22N6O/c1-14(2)29-21-7-5-16(10-20(21)27-28-29)19-12-25-23(26-13-19)17-6-8-22(30-15(3)4)18(9-17)11-24/h5-10,12-15H,1-4H3. The molecule has 30 heavy (non-hydrogen) atoms. The molecule has 0 saturated heterocycles. The molecule has 0 aliphatic rings. The Kier molecular flexibility index (Phi) is 5.15. The van der Waals surface area contributed by atoms with Crippen LogP contribution < -0.4 is 4.74 Å². The van der Waals surface area contributed by atoms with Crippen LogP contribution in [-0.2, 0) is 0 Å². The Balaban J connectivity index is 1.63. The molecule has 0 atom stereocenters. The van der Waals surface area contributed by atoms with E-state index in [0.717, 1.165) is 27.7 Å². The monoisotopic (exact) mass is 398 g/mol. The molecule has 4 aromatic rings. The van der Waals surface area contributed by atoms with Crippen LogP contribution in [0.15, 0.2) is 48.8 Å². The highest BCUT2D eigenvalue weighted by Gasteiger charge is 2.12. The van der Waals surface area contributed by atoms with Gasteiger partial charge in [0.2, 0.25) is 0 Å². The molecule has 4 rings (SSSR count). The predicted molar refractivity (Wildman–Crippen MR) is 115 cm³/mol. The molecule has 150 valence electrons. The summed E-state index contributed by atoms with van der Waals surface area (Å²) in [6.45, 7) is 8.01. The first-order valence-electron chi connectivity index (χ1n) is 9.85. The third-order valence-corrected chi connectivity index (χ3v) is 4.67. The Labute approximate surface area is 175 Å². The van der Waals surface area contributed by atoms with Crippen LogP contribution in [-0.4, -0.2) is 31.1 Å². The van der Waals surface area contributed by atoms with Crippen LogP contribution in [0.5, 0.6) is 5.75 Å². The molecular formula is C23H22N6O. The van der Waals surface area contributed by atoms with Gasteiger partial charge in [-0.1, -0.05) is 11.3 Å². The number of nitrogens with zero attached hydrogens (tertiary/aromatic N) is 6. The normalized spacial score (nSPS) is 11.2. The Morgan fingerprint density at radius 3 is 2.33 bits per heavy atom. The Morgan fingerprint density at radius 2 is 1.67 bits per heavy atom. The molecule has 0 amide bonds. The van der Waals surface area contributed by atoms with Gasteiger partial charge >= 0.3 is 0 Å². The number of aromatic nitrogens is 5. The van der Waals surface area contributed by atoms with Gasteiger partial charge in [0.05, 0.1) is 17.2 Å². The topological polar surface area (TPSA) is 89.5 Å². The average Bonchev–Trinajstić information content (AvgIpc) is 3.17. The summed E-state index contributed by atoms with van der Waals surface area (Å²) in [6, 6.07) is 13.9. The number of fused-ring (bicyclic) bond motifs is 1. The molecular weight excluding hydrogens is 376 g/mol. The summed E-state index contributed by atoms with van der Waals surface area (Å²) in [7, 11) is 0. The fraction of sp³-hybridized carbons (Fsp3) is 0.261. The minimum atomic E-state index is -0.00189. The van der Waals surface area contributed by atoms with E-state index in [1.807, 2.05) is 42.8 Å². The predicted octanol–water partition coefficient (Wildman–Crippen LogP) is 4.80. The molecule has 2 aromatic heterocycles. The maximum Gasteiger partial charge on any atom is 0.159 e. The van der Waals surface area contributed by atoms with E-state index < -0.39 is 0 Å². The number of ether oxygens (including phenoxy) is 1. The lowest BCUT2D eigenvalue weighted by Gasteiger charge is -2.12. The van der Waals surface area contributed by atoms with E-state index in [4.69, 9.17) is 4.74 Å². The smallest absolute Gasteiger partial charge is 0.159 e. The molecule has 0 bridgehead atoms. The van der Waals surface area contributed by atoms with Gasteiger partial charge in [-0.15, -0.1) is 5.10 Å². The first-order valence-corrected chi connectivity index (χ1v) is 9.85. The van der Waals surface area contributed by atoms with Crippen LogP contribution in [0.3, 0.4) is 0 Å². The molecule has 0 spiro atoms. The van der Waals surface area contributed by atoms with Crippen LogP contribution in [0.25, 0.3) is 33.5 Å². The van der Waals surface area contributed by atoms with Crippen LogP contribution >= 0.6 is 0 Å². The molecule has 0 aliphatic heterocycles. The second kappa shape index (κ2) is 7.91. The highest BCUT2D eigenvalue weighted by atomic mass is 16.5. The van der Waals surface area contributed by atoms with E-state index >= 15 is 0 Å². The lowest BCUT2D eigenvalue weighted by atomic mass is 10.1. The maximum absolute atomic E-state index is 9.43. The van der Waals surface area contributed by atoms with Crippen molar-refractivity contribution in [1.82, 2.24) is 25.0 Å². The quantitative estimate of drug-likeness (QED) is 0.480. The third kappa shape index (κ3) is 3.72. The number of hydrogen-bond acceptors (Lipinski definition) is 6. The van der Waals surface area contributed by atoms with Crippen LogP contribution in [0, 0.1) is 11.3 Å². The fourth-order valence-corrected chi connectivity index (χ4v) is 3.24. The molecule has 0 aliphatic carbocycles. The fourth-order valence-electron chi connectivity index (χ4n) is 3.24. The minimum Gasteiger partial charge on any atom is -0.490 e. The van der Waals surface area contributed by atoms with Gasteiger partial charge in [-0.05, 0) is 63.6 Å². The SMILES string of the molecule is CC(C)Oc1ccc(-c2ncc(-c3ccc4c(c3)nnn4C(C)C)cn2)cc1C#N. The van der Waals surface area contributed by atoms with E-state index in [0.29, 0.717) is 17.1 Å². The molecule has 0 radical (unpaired) electrons. The largest absolute Gasteiger partial charge is 0.490 e. The van der Waals surface area contributed by atoms with Crippen molar-refractivity contribution in [2.24, 2.45) is 0 Å². The molecule has 0 saturated carbocycles. The molecule has 7 heteroatoms. The van der Waals surface area contributed by atoms with Gasteiger partial charge in [-0.3, -0.25) is 0 Å². The van der Waals surface area contributed by atoms with Gasteiger partial charge in [-0.25, -0.2) is 14.6 Å². The van der Waals surface area contributed by atoms with Gasteiger partial charge in [-0.2, -0.15) is 5.26 Å². The highest BCUT2D eigenvalue weighted by molar-refractivity contribution is 5.81. The van der Waals surface area contributed by atoms with Gasteiger partial charge < -0.3 is 4.74 Å². The van der Waals surface area contributed by atoms with E-state index in [2.05, 4.69) is 40.2 Å². The van der Waals surface area contributed by atoms with Gasteiger partial charge in [0.15, 0.2) is 5.82 Å². The van der Waals surface area contributed by atoms with Crippen molar-refractivity contribution in [2.75, 3.05) is 0 Å². The van der Waals surface area contributed by atoms with E-state index in [-0.39, 0.29) is 12.1 Å². The van der Waals surface area contributed by atoms with Crippen LogP contribution in [0.2, 0.25) is 0 Å².